The minimum absolute atomic E-state index is 0.326. The van der Waals surface area contributed by atoms with Gasteiger partial charge >= 0.3 is 0 Å². The Labute approximate surface area is 263 Å². The van der Waals surface area contributed by atoms with Crippen molar-refractivity contribution in [2.24, 2.45) is 0 Å². The van der Waals surface area contributed by atoms with Gasteiger partial charge in [0.15, 0.2) is 0 Å². The van der Waals surface area contributed by atoms with Crippen molar-refractivity contribution in [1.82, 2.24) is 29.5 Å². The second-order valence-corrected chi connectivity index (χ2v) is 11.4. The van der Waals surface area contributed by atoms with Crippen molar-refractivity contribution in [3.63, 3.8) is 0 Å². The smallest absolute Gasteiger partial charge is 0.255 e. The summed E-state index contributed by atoms with van der Waals surface area (Å²) in [6.45, 7) is 5.78. The molecule has 1 saturated heterocycles. The van der Waals surface area contributed by atoms with Crippen molar-refractivity contribution in [3.05, 3.63) is 94.8 Å². The lowest BCUT2D eigenvalue weighted by Gasteiger charge is -2.20. The topological polar surface area (TPSA) is 100 Å². The summed E-state index contributed by atoms with van der Waals surface area (Å²) in [5, 5.41) is 10.3. The Morgan fingerprint density at radius 2 is 1.93 bits per heavy atom. The van der Waals surface area contributed by atoms with E-state index in [1.807, 2.05) is 23.9 Å². The van der Waals surface area contributed by atoms with E-state index < -0.39 is 0 Å². The molecule has 0 saturated carbocycles. The maximum Gasteiger partial charge on any atom is 0.255 e. The number of aryl methyl sites for hydroxylation is 2. The first-order valence-electron chi connectivity index (χ1n) is 15.0. The Balaban J connectivity index is 1.18. The van der Waals surface area contributed by atoms with Crippen molar-refractivity contribution in [3.8, 4) is 11.8 Å². The molecule has 1 atom stereocenters. The van der Waals surface area contributed by atoms with Crippen LogP contribution in [0.15, 0.2) is 61.2 Å². The standard InChI is InChI=1S/C34H39FN8O2/c1-24-6-8-27(33(44)39-29-11-10-28(32(35)17-29)21-42-14-12-31(23-42)41(2)3)16-26(24)9-7-25-18-36-34(37-19-25)40-30-20-38-43(22-30)13-5-15-45-4/h6,8,10-11,16-20,22,31H,5,12-15,21,23H2,1-4H3,(H,39,44)(H,36,37,40). The van der Waals surface area contributed by atoms with Crippen LogP contribution in [0, 0.1) is 24.6 Å². The number of carbonyl (C=O) groups is 1. The van der Waals surface area contributed by atoms with Crippen LogP contribution >= 0.6 is 0 Å². The Kier molecular flexibility index (Phi) is 10.5. The van der Waals surface area contributed by atoms with Crippen molar-refractivity contribution in [1.29, 1.82) is 0 Å². The van der Waals surface area contributed by atoms with Gasteiger partial charge in [0.05, 0.1) is 17.4 Å². The van der Waals surface area contributed by atoms with E-state index in [0.717, 1.165) is 43.7 Å². The lowest BCUT2D eigenvalue weighted by molar-refractivity contribution is 0.102. The number of hydrogen-bond donors (Lipinski definition) is 2. The largest absolute Gasteiger partial charge is 0.385 e. The number of methoxy groups -OCH3 is 1. The summed E-state index contributed by atoms with van der Waals surface area (Å²) in [5.41, 5.74) is 4.51. The van der Waals surface area contributed by atoms with Crippen LogP contribution in [-0.4, -0.2) is 82.4 Å². The van der Waals surface area contributed by atoms with Crippen LogP contribution in [-0.2, 0) is 17.8 Å². The summed E-state index contributed by atoms with van der Waals surface area (Å²) < 4.78 is 21.9. The van der Waals surface area contributed by atoms with Gasteiger partial charge in [0.2, 0.25) is 5.95 Å². The van der Waals surface area contributed by atoms with E-state index in [4.69, 9.17) is 4.74 Å². The summed E-state index contributed by atoms with van der Waals surface area (Å²) >= 11 is 0. The van der Waals surface area contributed by atoms with Crippen LogP contribution in [0.2, 0.25) is 0 Å². The number of hydrogen-bond acceptors (Lipinski definition) is 8. The molecule has 2 aromatic carbocycles. The van der Waals surface area contributed by atoms with E-state index in [-0.39, 0.29) is 11.7 Å². The Morgan fingerprint density at radius 3 is 2.67 bits per heavy atom. The molecule has 2 aromatic heterocycles. The van der Waals surface area contributed by atoms with E-state index >= 15 is 0 Å². The molecular formula is C34H39FN8O2. The van der Waals surface area contributed by atoms with Crippen LogP contribution in [0.5, 0.6) is 0 Å². The van der Waals surface area contributed by atoms with Gasteiger partial charge in [-0.15, -0.1) is 0 Å². The molecule has 5 rings (SSSR count). The highest BCUT2D eigenvalue weighted by atomic mass is 19.1. The number of rotatable bonds is 11. The molecular weight excluding hydrogens is 571 g/mol. The van der Waals surface area contributed by atoms with Crippen LogP contribution < -0.4 is 10.6 Å². The van der Waals surface area contributed by atoms with Crippen LogP contribution in [0.3, 0.4) is 0 Å². The molecule has 1 unspecified atom stereocenters. The van der Waals surface area contributed by atoms with Gasteiger partial charge in [-0.25, -0.2) is 14.4 Å². The Morgan fingerprint density at radius 1 is 1.11 bits per heavy atom. The number of carbonyl (C=O) groups excluding carboxylic acids is 1. The number of halogens is 1. The van der Waals surface area contributed by atoms with Gasteiger partial charge in [0.1, 0.15) is 5.82 Å². The Hall–Kier alpha value is -4.63. The highest BCUT2D eigenvalue weighted by molar-refractivity contribution is 6.04. The molecule has 4 aromatic rings. The SMILES string of the molecule is COCCCn1cc(Nc2ncc(C#Cc3cc(C(=O)Nc4ccc(CN5CCC(N(C)C)C5)c(F)c4)ccc3C)cn2)cn1. The second kappa shape index (κ2) is 14.9. The van der Waals surface area contributed by atoms with Gasteiger partial charge in [-0.3, -0.25) is 14.4 Å². The zero-order valence-corrected chi connectivity index (χ0v) is 26.2. The van der Waals surface area contributed by atoms with Gasteiger partial charge in [0.25, 0.3) is 5.91 Å². The summed E-state index contributed by atoms with van der Waals surface area (Å²) in [5.74, 6) is 5.97. The molecule has 10 nitrogen and oxygen atoms in total. The van der Waals surface area contributed by atoms with E-state index in [0.29, 0.717) is 53.1 Å². The number of nitrogens with one attached hydrogen (secondary N) is 2. The van der Waals surface area contributed by atoms with Gasteiger partial charge in [0, 0.05) is 86.9 Å². The van der Waals surface area contributed by atoms with E-state index in [9.17, 15) is 9.18 Å². The summed E-state index contributed by atoms with van der Waals surface area (Å²) in [7, 11) is 5.83. The molecule has 0 spiro atoms. The van der Waals surface area contributed by atoms with Gasteiger partial charge in [-0.2, -0.15) is 5.10 Å². The van der Waals surface area contributed by atoms with Crippen molar-refractivity contribution in [2.45, 2.75) is 38.9 Å². The first-order valence-corrected chi connectivity index (χ1v) is 15.0. The summed E-state index contributed by atoms with van der Waals surface area (Å²) in [6.07, 6.45) is 8.84. The molecule has 234 valence electrons. The van der Waals surface area contributed by atoms with Gasteiger partial charge < -0.3 is 20.3 Å². The quantitative estimate of drug-likeness (QED) is 0.187. The van der Waals surface area contributed by atoms with Crippen LogP contribution in [0.4, 0.5) is 21.7 Å². The molecule has 0 radical (unpaired) electrons. The third-order valence-electron chi connectivity index (χ3n) is 7.80. The molecule has 0 aliphatic carbocycles. The predicted octanol–water partition coefficient (Wildman–Crippen LogP) is 4.69. The van der Waals surface area contributed by atoms with Crippen LogP contribution in [0.25, 0.3) is 0 Å². The Bertz CT molecular complexity index is 1680. The minimum atomic E-state index is -0.334. The fourth-order valence-corrected chi connectivity index (χ4v) is 5.12. The average molecular weight is 611 g/mol. The number of likely N-dealkylation sites (tertiary alicyclic amines) is 1. The van der Waals surface area contributed by atoms with Gasteiger partial charge in [-0.05, 0) is 63.7 Å². The molecule has 2 N–H and O–H groups in total. The number of nitrogens with zero attached hydrogens (tertiary/aromatic N) is 6. The third kappa shape index (κ3) is 8.73. The molecule has 3 heterocycles. The third-order valence-corrected chi connectivity index (χ3v) is 7.80. The molecule has 1 amide bonds. The zero-order chi connectivity index (χ0) is 31.8. The predicted molar refractivity (Wildman–Crippen MR) is 173 cm³/mol. The lowest BCUT2D eigenvalue weighted by atomic mass is 10.0. The number of ether oxygens (including phenoxy) is 1. The number of benzene rings is 2. The fourth-order valence-electron chi connectivity index (χ4n) is 5.12. The average Bonchev–Trinajstić information content (AvgIpc) is 3.69. The summed E-state index contributed by atoms with van der Waals surface area (Å²) in [6, 6.07) is 10.7. The fraction of sp³-hybridized carbons (Fsp3) is 0.353. The molecule has 1 fully saturated rings. The molecule has 45 heavy (non-hydrogen) atoms. The maximum atomic E-state index is 14.9. The van der Waals surface area contributed by atoms with Crippen LogP contribution in [0.1, 0.15) is 45.5 Å². The minimum Gasteiger partial charge on any atom is -0.385 e. The van der Waals surface area contributed by atoms with Crippen molar-refractivity contribution in [2.75, 3.05) is 51.5 Å². The van der Waals surface area contributed by atoms with E-state index in [1.165, 1.54) is 6.07 Å². The second-order valence-electron chi connectivity index (χ2n) is 11.4. The molecule has 11 heteroatoms. The monoisotopic (exact) mass is 610 g/mol. The number of amides is 1. The number of aromatic nitrogens is 4. The number of anilines is 3. The lowest BCUT2D eigenvalue weighted by Crippen LogP contribution is -2.31. The van der Waals surface area contributed by atoms with E-state index in [2.05, 4.69) is 61.4 Å². The highest BCUT2D eigenvalue weighted by Gasteiger charge is 2.24. The molecule has 1 aliphatic heterocycles. The first kappa shape index (κ1) is 31.8. The maximum absolute atomic E-state index is 14.9. The first-order chi connectivity index (χ1) is 21.8. The normalized spacial score (nSPS) is 14.8. The zero-order valence-electron chi connectivity index (χ0n) is 26.2. The highest BCUT2D eigenvalue weighted by Crippen LogP contribution is 2.21. The van der Waals surface area contributed by atoms with E-state index in [1.54, 1.807) is 50.0 Å². The molecule has 0 bridgehead atoms. The summed E-state index contributed by atoms with van der Waals surface area (Å²) in [4.78, 5) is 26.2. The van der Waals surface area contributed by atoms with Crippen molar-refractivity contribution < 1.29 is 13.9 Å². The van der Waals surface area contributed by atoms with Crippen molar-refractivity contribution >= 4 is 23.2 Å². The number of likely N-dealkylation sites (N-methyl/N-ethyl adjacent to an activating group) is 1. The van der Waals surface area contributed by atoms with Gasteiger partial charge in [-0.1, -0.05) is 24.0 Å². The molecule has 1 aliphatic rings.